The number of nitriles is 2. The quantitative estimate of drug-likeness (QED) is 0.116. The fourth-order valence-electron chi connectivity index (χ4n) is 4.01. The molecule has 0 fully saturated rings. The van der Waals surface area contributed by atoms with Crippen molar-refractivity contribution >= 4 is 98.9 Å². The number of hydrogen-bond acceptors (Lipinski definition) is 8. The third kappa shape index (κ3) is 5.39. The Morgan fingerprint density at radius 1 is 1.03 bits per heavy atom. The Labute approximate surface area is 249 Å². The van der Waals surface area contributed by atoms with Gasteiger partial charge in [-0.05, 0) is 60.4 Å². The van der Waals surface area contributed by atoms with Gasteiger partial charge in [-0.25, -0.2) is 4.40 Å². The number of halogens is 1. The molecule has 0 spiro atoms. The number of rotatable bonds is 6. The summed E-state index contributed by atoms with van der Waals surface area (Å²) in [7, 11) is 1.32. The molecule has 5 rings (SSSR count). The molecule has 0 unspecified atom stereocenters. The highest BCUT2D eigenvalue weighted by Gasteiger charge is 2.17. The van der Waals surface area contributed by atoms with Crippen LogP contribution in [0, 0.1) is 29.6 Å². The molecule has 0 aliphatic heterocycles. The zero-order chi connectivity index (χ0) is 26.6. The van der Waals surface area contributed by atoms with Gasteiger partial charge in [0.05, 0.1) is 34.5 Å². The zero-order valence-corrected chi connectivity index (χ0v) is 25.4. The third-order valence-electron chi connectivity index (χ3n) is 5.83. The topological polar surface area (TPSA) is 72.8 Å². The van der Waals surface area contributed by atoms with E-state index in [2.05, 4.69) is 60.8 Å². The fourth-order valence-corrected chi connectivity index (χ4v) is 7.56. The van der Waals surface area contributed by atoms with Crippen LogP contribution in [0.25, 0.3) is 38.4 Å². The van der Waals surface area contributed by atoms with Gasteiger partial charge >= 0.3 is 0 Å². The average Bonchev–Trinajstić information content (AvgIpc) is 3.68. The first-order chi connectivity index (χ1) is 18.5. The van der Waals surface area contributed by atoms with Crippen molar-refractivity contribution in [1.29, 1.82) is 10.5 Å². The van der Waals surface area contributed by atoms with Crippen LogP contribution in [-0.4, -0.2) is 10.1 Å². The molecule has 4 nitrogen and oxygen atoms in total. The molecule has 0 atom stereocenters. The molecule has 3 aromatic heterocycles. The first-order valence-electron chi connectivity index (χ1n) is 11.3. The van der Waals surface area contributed by atoms with E-state index in [-0.39, 0.29) is 0 Å². The number of hydrogen-bond donors (Lipinski definition) is 0. The van der Waals surface area contributed by atoms with Gasteiger partial charge in [-0.1, -0.05) is 43.0 Å². The van der Waals surface area contributed by atoms with Crippen molar-refractivity contribution in [2.45, 2.75) is 6.92 Å². The Balaban J connectivity index is 1.43. The van der Waals surface area contributed by atoms with Crippen LogP contribution in [0.3, 0.4) is 0 Å². The molecule has 0 saturated heterocycles. The van der Waals surface area contributed by atoms with Crippen LogP contribution in [0.5, 0.6) is 0 Å². The van der Waals surface area contributed by atoms with Gasteiger partial charge in [0, 0.05) is 71.2 Å². The number of allylic oxidation sites excluding steroid dienone is 7. The highest BCUT2D eigenvalue weighted by atomic mass is 127. The van der Waals surface area contributed by atoms with Gasteiger partial charge in [0.25, 0.3) is 0 Å². The summed E-state index contributed by atoms with van der Waals surface area (Å²) in [6.45, 7) is 6.11. The Hall–Kier alpha value is -3.06. The van der Waals surface area contributed by atoms with E-state index >= 15 is 0 Å². The lowest BCUT2D eigenvalue weighted by atomic mass is 9.93. The first kappa shape index (κ1) is 26.5. The molecule has 9 heteroatoms. The SMILES string of the molecule is C=C1C=CC=C(/C(C#N)=C/c2ccc(-c3ccc(/C=C(\C#N)c4cccc5c(C)snc45)s3)s2)C1=NSI. The van der Waals surface area contributed by atoms with E-state index in [0.717, 1.165) is 57.7 Å². The highest BCUT2D eigenvalue weighted by molar-refractivity contribution is 14.2. The Morgan fingerprint density at radius 2 is 1.71 bits per heavy atom. The highest BCUT2D eigenvalue weighted by Crippen LogP contribution is 2.37. The molecule has 0 radical (unpaired) electrons. The Kier molecular flexibility index (Phi) is 8.22. The second kappa shape index (κ2) is 11.8. The van der Waals surface area contributed by atoms with Crippen molar-refractivity contribution < 1.29 is 0 Å². The summed E-state index contributed by atoms with van der Waals surface area (Å²) in [6, 6.07) is 18.9. The van der Waals surface area contributed by atoms with Crippen molar-refractivity contribution in [2.24, 2.45) is 4.40 Å². The molecule has 4 aromatic rings. The fraction of sp³-hybridized carbons (Fsp3) is 0.0345. The van der Waals surface area contributed by atoms with Crippen LogP contribution in [-0.2, 0) is 0 Å². The Morgan fingerprint density at radius 3 is 2.37 bits per heavy atom. The summed E-state index contributed by atoms with van der Waals surface area (Å²) in [5.74, 6) is 0. The van der Waals surface area contributed by atoms with E-state index in [4.69, 9.17) is 0 Å². The predicted molar refractivity (Wildman–Crippen MR) is 174 cm³/mol. The van der Waals surface area contributed by atoms with E-state index in [0.29, 0.717) is 11.1 Å². The van der Waals surface area contributed by atoms with Gasteiger partial charge < -0.3 is 0 Å². The largest absolute Gasteiger partial charge is 0.204 e. The summed E-state index contributed by atoms with van der Waals surface area (Å²) < 4.78 is 9.04. The van der Waals surface area contributed by atoms with Gasteiger partial charge in [0.1, 0.15) is 0 Å². The first-order valence-corrected chi connectivity index (χ1v) is 17.0. The summed E-state index contributed by atoms with van der Waals surface area (Å²) in [6.07, 6.45) is 9.53. The lowest BCUT2D eigenvalue weighted by molar-refractivity contribution is 1.48. The molecule has 0 bridgehead atoms. The molecule has 1 aliphatic rings. The summed E-state index contributed by atoms with van der Waals surface area (Å²) in [4.78, 5) is 5.34. The number of fused-ring (bicyclic) bond motifs is 1. The van der Waals surface area contributed by atoms with Gasteiger partial charge in [0.15, 0.2) is 0 Å². The lowest BCUT2D eigenvalue weighted by Gasteiger charge is -2.12. The van der Waals surface area contributed by atoms with E-state index in [1.807, 2.05) is 67.6 Å². The minimum absolute atomic E-state index is 0.549. The molecule has 0 saturated carbocycles. The smallest absolute Gasteiger partial charge is 0.0999 e. The lowest BCUT2D eigenvalue weighted by Crippen LogP contribution is -2.08. The number of aromatic nitrogens is 1. The average molecular weight is 677 g/mol. The van der Waals surface area contributed by atoms with Crippen LogP contribution in [0.15, 0.2) is 88.4 Å². The monoisotopic (exact) mass is 676 g/mol. The second-order valence-electron chi connectivity index (χ2n) is 8.16. The van der Waals surface area contributed by atoms with Crippen molar-refractivity contribution in [1.82, 2.24) is 4.37 Å². The van der Waals surface area contributed by atoms with Gasteiger partial charge in [-0.3, -0.25) is 0 Å². The van der Waals surface area contributed by atoms with Gasteiger partial charge in [0.2, 0.25) is 0 Å². The number of benzene rings is 1. The minimum Gasteiger partial charge on any atom is -0.204 e. The standard InChI is InChI=1S/C29H17IN4S4/c1-17-5-3-7-24(28(17)34-38-30)19(15-31)13-21-9-11-26(35-21)27-12-10-22(36-27)14-20(16-32)25-8-4-6-23-18(2)37-33-29(23)25/h3-14H,1H2,2H3/b19-13+,20-14+,34-28?. The second-order valence-corrected chi connectivity index (χ2v) is 12.9. The maximum atomic E-state index is 9.92. The van der Waals surface area contributed by atoms with E-state index in [1.54, 1.807) is 22.7 Å². The number of thiophene rings is 2. The number of aryl methyl sites for hydroxylation is 1. The maximum Gasteiger partial charge on any atom is 0.0999 e. The number of nitrogens with zero attached hydrogens (tertiary/aromatic N) is 4. The normalized spacial score (nSPS) is 15.1. The summed E-state index contributed by atoms with van der Waals surface area (Å²) in [5, 5.41) is 20.9. The van der Waals surface area contributed by atoms with Crippen LogP contribution < -0.4 is 0 Å². The summed E-state index contributed by atoms with van der Waals surface area (Å²) in [5.41, 5.74) is 5.17. The minimum atomic E-state index is 0.549. The van der Waals surface area contributed by atoms with E-state index in [1.165, 1.54) is 20.7 Å². The molecule has 0 N–H and O–H groups in total. The van der Waals surface area contributed by atoms with Crippen LogP contribution in [0.4, 0.5) is 0 Å². The van der Waals surface area contributed by atoms with Crippen molar-refractivity contribution in [2.75, 3.05) is 0 Å². The van der Waals surface area contributed by atoms with Gasteiger partial charge in [-0.15, -0.1) is 22.7 Å². The molecule has 3 heterocycles. The molecule has 38 heavy (non-hydrogen) atoms. The third-order valence-corrected chi connectivity index (χ3v) is 9.70. The van der Waals surface area contributed by atoms with Crippen LogP contribution in [0.2, 0.25) is 0 Å². The molecule has 1 aromatic carbocycles. The Bertz CT molecular complexity index is 1810. The van der Waals surface area contributed by atoms with Crippen LogP contribution in [0.1, 0.15) is 20.2 Å². The molecule has 184 valence electrons. The van der Waals surface area contributed by atoms with Gasteiger partial charge in [-0.2, -0.15) is 14.9 Å². The van der Waals surface area contributed by atoms with E-state index < -0.39 is 0 Å². The van der Waals surface area contributed by atoms with E-state index in [9.17, 15) is 10.5 Å². The molecule has 0 amide bonds. The maximum absolute atomic E-state index is 9.92. The molecule has 1 aliphatic carbocycles. The zero-order valence-electron chi connectivity index (χ0n) is 19.9. The van der Waals surface area contributed by atoms with Crippen molar-refractivity contribution in [3.05, 3.63) is 104 Å². The van der Waals surface area contributed by atoms with Crippen molar-refractivity contribution in [3.63, 3.8) is 0 Å². The molecular formula is C29H17IN4S4. The van der Waals surface area contributed by atoms with Crippen LogP contribution >= 0.6 is 64.5 Å². The summed E-state index contributed by atoms with van der Waals surface area (Å²) >= 11 is 6.83. The predicted octanol–water partition coefficient (Wildman–Crippen LogP) is 9.86. The molecular weight excluding hydrogens is 660 g/mol. The van der Waals surface area contributed by atoms with Crippen molar-refractivity contribution in [3.8, 4) is 21.9 Å².